The number of para-hydroxylation sites is 1. The van der Waals surface area contributed by atoms with Crippen molar-refractivity contribution < 1.29 is 0 Å². The molecule has 4 N–H and O–H groups in total. The Kier molecular flexibility index (Phi) is 3.38. The predicted molar refractivity (Wildman–Crippen MR) is 82.7 cm³/mol. The predicted octanol–water partition coefficient (Wildman–Crippen LogP) is 3.65. The molecule has 1 aromatic carbocycles. The van der Waals surface area contributed by atoms with Gasteiger partial charge in [0.2, 0.25) is 0 Å². The van der Waals surface area contributed by atoms with Crippen molar-refractivity contribution in [3.8, 4) is 0 Å². The number of hydrogen-bond acceptors (Lipinski definition) is 3. The summed E-state index contributed by atoms with van der Waals surface area (Å²) in [6, 6.07) is 11.7. The zero-order chi connectivity index (χ0) is 14.1. The maximum Gasteiger partial charge on any atom is 0.124 e. The lowest BCUT2D eigenvalue weighted by atomic mass is 10.2. The number of amidine groups is 1. The van der Waals surface area contributed by atoms with E-state index in [1.165, 1.54) is 11.8 Å². The van der Waals surface area contributed by atoms with Crippen LogP contribution in [-0.2, 0) is 0 Å². The highest BCUT2D eigenvalue weighted by molar-refractivity contribution is 7.99. The number of pyridine rings is 1. The van der Waals surface area contributed by atoms with Crippen LogP contribution >= 0.6 is 23.4 Å². The summed E-state index contributed by atoms with van der Waals surface area (Å²) in [5.41, 5.74) is 7.06. The van der Waals surface area contributed by atoms with Crippen molar-refractivity contribution in [3.63, 3.8) is 0 Å². The van der Waals surface area contributed by atoms with Crippen molar-refractivity contribution in [1.29, 1.82) is 5.41 Å². The summed E-state index contributed by atoms with van der Waals surface area (Å²) in [6.07, 6.45) is 1.60. The van der Waals surface area contributed by atoms with Gasteiger partial charge in [0, 0.05) is 22.7 Å². The summed E-state index contributed by atoms with van der Waals surface area (Å²) in [4.78, 5) is 7.54. The van der Waals surface area contributed by atoms with Gasteiger partial charge >= 0.3 is 0 Å². The average Bonchev–Trinajstić information content (AvgIpc) is 2.83. The van der Waals surface area contributed by atoms with Crippen LogP contribution in [0.25, 0.3) is 10.9 Å². The van der Waals surface area contributed by atoms with Crippen molar-refractivity contribution in [2.45, 2.75) is 10.1 Å². The van der Waals surface area contributed by atoms with Crippen molar-refractivity contribution in [2.24, 2.45) is 5.73 Å². The van der Waals surface area contributed by atoms with Gasteiger partial charge in [-0.2, -0.15) is 0 Å². The minimum absolute atomic E-state index is 0.0594. The molecule has 2 heterocycles. The van der Waals surface area contributed by atoms with Gasteiger partial charge in [-0.05, 0) is 18.2 Å². The van der Waals surface area contributed by atoms with E-state index in [1.54, 1.807) is 12.3 Å². The van der Waals surface area contributed by atoms with Crippen LogP contribution in [0.1, 0.15) is 5.56 Å². The fraction of sp³-hybridized carbons (Fsp3) is 0. The van der Waals surface area contributed by atoms with E-state index in [-0.39, 0.29) is 5.84 Å². The van der Waals surface area contributed by atoms with E-state index in [4.69, 9.17) is 22.7 Å². The monoisotopic (exact) mass is 302 g/mol. The summed E-state index contributed by atoms with van der Waals surface area (Å²) < 4.78 is 0. The number of fused-ring (bicyclic) bond motifs is 1. The summed E-state index contributed by atoms with van der Waals surface area (Å²) in [5, 5.41) is 10.6. The highest BCUT2D eigenvalue weighted by atomic mass is 35.5. The zero-order valence-electron chi connectivity index (χ0n) is 10.4. The number of nitrogen functional groups attached to an aromatic ring is 1. The van der Waals surface area contributed by atoms with E-state index >= 15 is 0 Å². The number of rotatable bonds is 3. The third-order valence-corrected chi connectivity index (χ3v) is 4.30. The Labute approximate surface area is 124 Å². The second-order valence-corrected chi connectivity index (χ2v) is 5.62. The highest BCUT2D eigenvalue weighted by Crippen LogP contribution is 2.34. The molecule has 20 heavy (non-hydrogen) atoms. The topological polar surface area (TPSA) is 78.6 Å². The first-order valence-electron chi connectivity index (χ1n) is 5.89. The number of nitrogens with one attached hydrogen (secondary N) is 2. The minimum atomic E-state index is -0.0594. The standard InChI is InChI=1S/C14H11ClN4S/c15-12-9(13(16)17)5-6-18-14(12)20-11-7-8-3-1-2-4-10(8)19-11/h1-7,19H,(H3,16,17). The summed E-state index contributed by atoms with van der Waals surface area (Å²) in [6.45, 7) is 0. The smallest absolute Gasteiger partial charge is 0.124 e. The van der Waals surface area contributed by atoms with Gasteiger partial charge in [-0.15, -0.1) is 0 Å². The van der Waals surface area contributed by atoms with Crippen molar-refractivity contribution in [3.05, 3.63) is 53.2 Å². The van der Waals surface area contributed by atoms with Crippen LogP contribution < -0.4 is 5.73 Å². The Morgan fingerprint density at radius 3 is 2.85 bits per heavy atom. The van der Waals surface area contributed by atoms with Gasteiger partial charge in [0.05, 0.1) is 10.0 Å². The Morgan fingerprint density at radius 1 is 1.30 bits per heavy atom. The van der Waals surface area contributed by atoms with Crippen LogP contribution in [0, 0.1) is 5.41 Å². The van der Waals surface area contributed by atoms with Crippen molar-refractivity contribution in [1.82, 2.24) is 9.97 Å². The summed E-state index contributed by atoms with van der Waals surface area (Å²) in [5.74, 6) is -0.0594. The molecule has 0 unspecified atom stereocenters. The van der Waals surface area contributed by atoms with Crippen LogP contribution in [-0.4, -0.2) is 15.8 Å². The first-order valence-corrected chi connectivity index (χ1v) is 7.09. The molecule has 0 saturated heterocycles. The number of hydrogen-bond donors (Lipinski definition) is 3. The molecule has 0 atom stereocenters. The first kappa shape index (κ1) is 13.0. The van der Waals surface area contributed by atoms with Gasteiger partial charge in [0.15, 0.2) is 0 Å². The van der Waals surface area contributed by atoms with Gasteiger partial charge < -0.3 is 10.7 Å². The molecule has 0 radical (unpaired) electrons. The van der Waals surface area contributed by atoms with Crippen LogP contribution in [0.4, 0.5) is 0 Å². The summed E-state index contributed by atoms with van der Waals surface area (Å²) >= 11 is 7.66. The molecule has 3 aromatic rings. The van der Waals surface area contributed by atoms with E-state index in [9.17, 15) is 0 Å². The molecule has 2 aromatic heterocycles. The lowest BCUT2D eigenvalue weighted by molar-refractivity contribution is 1.11. The molecule has 0 amide bonds. The normalized spacial score (nSPS) is 10.8. The molecule has 100 valence electrons. The zero-order valence-corrected chi connectivity index (χ0v) is 11.9. The van der Waals surface area contributed by atoms with Gasteiger partial charge in [-0.3, -0.25) is 5.41 Å². The first-order chi connectivity index (χ1) is 9.65. The lowest BCUT2D eigenvalue weighted by Crippen LogP contribution is -2.12. The Balaban J connectivity index is 1.98. The number of aromatic amines is 1. The third kappa shape index (κ3) is 2.37. The molecule has 3 rings (SSSR count). The van der Waals surface area contributed by atoms with Gasteiger partial charge in [-0.1, -0.05) is 41.6 Å². The molecule has 0 saturated carbocycles. The largest absolute Gasteiger partial charge is 0.384 e. The number of nitrogens with two attached hydrogens (primary N) is 1. The molecular weight excluding hydrogens is 292 g/mol. The number of benzene rings is 1. The second kappa shape index (κ2) is 5.19. The Hall–Kier alpha value is -1.98. The molecule has 0 aliphatic carbocycles. The maximum absolute atomic E-state index is 7.49. The van der Waals surface area contributed by atoms with Gasteiger partial charge in [-0.25, -0.2) is 4.98 Å². The van der Waals surface area contributed by atoms with Crippen LogP contribution in [0.5, 0.6) is 0 Å². The molecule has 0 fully saturated rings. The fourth-order valence-electron chi connectivity index (χ4n) is 1.91. The average molecular weight is 303 g/mol. The molecule has 0 bridgehead atoms. The van der Waals surface area contributed by atoms with Crippen LogP contribution in [0.2, 0.25) is 5.02 Å². The molecular formula is C14H11ClN4S. The number of halogens is 1. The number of nitrogens with zero attached hydrogens (tertiary/aromatic N) is 1. The van der Waals surface area contributed by atoms with Crippen LogP contribution in [0.3, 0.4) is 0 Å². The minimum Gasteiger partial charge on any atom is -0.384 e. The van der Waals surface area contributed by atoms with E-state index in [0.717, 1.165) is 15.9 Å². The van der Waals surface area contributed by atoms with Crippen molar-refractivity contribution in [2.75, 3.05) is 0 Å². The van der Waals surface area contributed by atoms with E-state index in [1.807, 2.05) is 30.3 Å². The quantitative estimate of drug-likeness (QED) is 0.510. The van der Waals surface area contributed by atoms with Crippen molar-refractivity contribution >= 4 is 40.1 Å². The Morgan fingerprint density at radius 2 is 2.10 bits per heavy atom. The van der Waals surface area contributed by atoms with Gasteiger partial charge in [0.25, 0.3) is 0 Å². The van der Waals surface area contributed by atoms with E-state index < -0.39 is 0 Å². The fourth-order valence-corrected chi connectivity index (χ4v) is 3.11. The summed E-state index contributed by atoms with van der Waals surface area (Å²) in [7, 11) is 0. The molecule has 0 aliphatic heterocycles. The number of aromatic nitrogens is 2. The molecule has 0 spiro atoms. The molecule has 4 nitrogen and oxygen atoms in total. The molecule has 6 heteroatoms. The third-order valence-electron chi connectivity index (χ3n) is 2.86. The highest BCUT2D eigenvalue weighted by Gasteiger charge is 2.12. The van der Waals surface area contributed by atoms with Crippen LogP contribution in [0.15, 0.2) is 52.6 Å². The molecule has 0 aliphatic rings. The Bertz CT molecular complexity index is 764. The maximum atomic E-state index is 7.49. The SMILES string of the molecule is N=C(N)c1ccnc(Sc2cc3ccccc3[nH]2)c1Cl. The lowest BCUT2D eigenvalue weighted by Gasteiger charge is -2.05. The number of H-pyrrole nitrogens is 1. The van der Waals surface area contributed by atoms with E-state index in [0.29, 0.717) is 15.6 Å². The van der Waals surface area contributed by atoms with Gasteiger partial charge in [0.1, 0.15) is 10.9 Å². The van der Waals surface area contributed by atoms with E-state index in [2.05, 4.69) is 9.97 Å². The second-order valence-electron chi connectivity index (χ2n) is 4.21.